The Morgan fingerprint density at radius 1 is 1.00 bits per heavy atom. The van der Waals surface area contributed by atoms with Crippen LogP contribution in [0, 0.1) is 0 Å². The molecular formula is C12H6Cl3NO. The van der Waals surface area contributed by atoms with Crippen LogP contribution in [-0.4, -0.2) is 11.3 Å². The van der Waals surface area contributed by atoms with Crippen molar-refractivity contribution in [3.63, 3.8) is 0 Å². The largest absolute Gasteiger partial charge is 0.296 e. The number of carbonyl (C=O) groups is 1. The van der Waals surface area contributed by atoms with Crippen molar-refractivity contribution in [3.05, 3.63) is 51.2 Å². The number of rotatable bonds is 2. The highest BCUT2D eigenvalue weighted by Gasteiger charge is 2.11. The molecule has 0 aliphatic carbocycles. The van der Waals surface area contributed by atoms with Gasteiger partial charge in [-0.1, -0.05) is 40.9 Å². The van der Waals surface area contributed by atoms with E-state index >= 15 is 0 Å². The minimum atomic E-state index is 0.313. The summed E-state index contributed by atoms with van der Waals surface area (Å²) in [5.74, 6) is 0. The molecule has 0 aliphatic rings. The molecular weight excluding hydrogens is 280 g/mol. The molecule has 1 heterocycles. The third kappa shape index (κ3) is 2.44. The first-order valence-corrected chi connectivity index (χ1v) is 5.82. The monoisotopic (exact) mass is 285 g/mol. The second-order valence-corrected chi connectivity index (χ2v) is 4.52. The van der Waals surface area contributed by atoms with Gasteiger partial charge in [0, 0.05) is 17.3 Å². The summed E-state index contributed by atoms with van der Waals surface area (Å²) in [4.78, 5) is 14.9. The Balaban J connectivity index is 2.68. The number of hydrogen-bond donors (Lipinski definition) is 0. The van der Waals surface area contributed by atoms with Crippen molar-refractivity contribution in [2.24, 2.45) is 0 Å². The number of aromatic nitrogens is 1. The van der Waals surface area contributed by atoms with E-state index in [2.05, 4.69) is 4.98 Å². The van der Waals surface area contributed by atoms with Crippen molar-refractivity contribution in [2.75, 3.05) is 0 Å². The van der Waals surface area contributed by atoms with Gasteiger partial charge in [-0.15, -0.1) is 0 Å². The summed E-state index contributed by atoms with van der Waals surface area (Å²) in [6.07, 6.45) is 2.22. The second kappa shape index (κ2) is 5.05. The van der Waals surface area contributed by atoms with Gasteiger partial charge in [0.15, 0.2) is 6.29 Å². The first kappa shape index (κ1) is 12.4. The van der Waals surface area contributed by atoms with E-state index in [4.69, 9.17) is 34.8 Å². The van der Waals surface area contributed by atoms with Gasteiger partial charge in [-0.05, 0) is 18.2 Å². The van der Waals surface area contributed by atoms with Crippen LogP contribution < -0.4 is 0 Å². The molecule has 5 heteroatoms. The zero-order chi connectivity index (χ0) is 12.4. The quantitative estimate of drug-likeness (QED) is 0.600. The molecule has 0 saturated carbocycles. The molecule has 1 aromatic heterocycles. The van der Waals surface area contributed by atoms with Crippen LogP contribution in [-0.2, 0) is 0 Å². The Labute approximate surface area is 113 Å². The van der Waals surface area contributed by atoms with Crippen LogP contribution in [0.4, 0.5) is 0 Å². The highest BCUT2D eigenvalue weighted by Crippen LogP contribution is 2.35. The van der Waals surface area contributed by atoms with Crippen LogP contribution in [0.3, 0.4) is 0 Å². The number of aldehydes is 1. The standard InChI is InChI=1S/C12H6Cl3NO/c13-9-5-11(15)10(14)4-8(9)7-2-1-3-16-12(7)6-17/h1-6H. The molecule has 1 aromatic carbocycles. The van der Waals surface area contributed by atoms with Gasteiger partial charge in [-0.2, -0.15) is 0 Å². The zero-order valence-electron chi connectivity index (χ0n) is 8.45. The molecule has 2 rings (SSSR count). The molecule has 0 spiro atoms. The fourth-order valence-electron chi connectivity index (χ4n) is 1.47. The van der Waals surface area contributed by atoms with Crippen LogP contribution in [0.25, 0.3) is 11.1 Å². The normalized spacial score (nSPS) is 10.3. The van der Waals surface area contributed by atoms with Gasteiger partial charge in [0.2, 0.25) is 0 Å². The molecule has 0 aliphatic heterocycles. The number of pyridine rings is 1. The van der Waals surface area contributed by atoms with E-state index < -0.39 is 0 Å². The van der Waals surface area contributed by atoms with Gasteiger partial charge in [0.1, 0.15) is 5.69 Å². The maximum atomic E-state index is 10.9. The molecule has 0 fully saturated rings. The van der Waals surface area contributed by atoms with Crippen LogP contribution in [0.15, 0.2) is 30.5 Å². The zero-order valence-corrected chi connectivity index (χ0v) is 10.7. The summed E-state index contributed by atoms with van der Waals surface area (Å²) in [6.45, 7) is 0. The van der Waals surface area contributed by atoms with Crippen molar-refractivity contribution in [1.29, 1.82) is 0 Å². The Kier molecular flexibility index (Phi) is 3.67. The number of benzene rings is 1. The van der Waals surface area contributed by atoms with Crippen molar-refractivity contribution in [1.82, 2.24) is 4.98 Å². The summed E-state index contributed by atoms with van der Waals surface area (Å²) in [5, 5.41) is 1.18. The van der Waals surface area contributed by atoms with Gasteiger partial charge in [0.25, 0.3) is 0 Å². The van der Waals surface area contributed by atoms with Crippen molar-refractivity contribution in [2.45, 2.75) is 0 Å². The third-order valence-corrected chi connectivity index (χ3v) is 3.29. The lowest BCUT2D eigenvalue weighted by atomic mass is 10.0. The number of nitrogens with zero attached hydrogens (tertiary/aromatic N) is 1. The molecule has 86 valence electrons. The Morgan fingerprint density at radius 2 is 1.71 bits per heavy atom. The number of carbonyl (C=O) groups excluding carboxylic acids is 1. The van der Waals surface area contributed by atoms with Gasteiger partial charge < -0.3 is 0 Å². The van der Waals surface area contributed by atoms with E-state index in [0.717, 1.165) is 0 Å². The van der Waals surface area contributed by atoms with Crippen molar-refractivity contribution >= 4 is 41.1 Å². The van der Waals surface area contributed by atoms with E-state index in [1.165, 1.54) is 0 Å². The van der Waals surface area contributed by atoms with Crippen molar-refractivity contribution in [3.8, 4) is 11.1 Å². The lowest BCUT2D eigenvalue weighted by molar-refractivity contribution is 0.111. The summed E-state index contributed by atoms with van der Waals surface area (Å²) in [5.41, 5.74) is 1.58. The highest BCUT2D eigenvalue weighted by atomic mass is 35.5. The summed E-state index contributed by atoms with van der Waals surface area (Å²) < 4.78 is 0. The summed E-state index contributed by atoms with van der Waals surface area (Å²) in [7, 11) is 0. The highest BCUT2D eigenvalue weighted by molar-refractivity contribution is 6.44. The first-order valence-electron chi connectivity index (χ1n) is 4.68. The van der Waals surface area contributed by atoms with Gasteiger partial charge in [0.05, 0.1) is 15.1 Å². The molecule has 0 radical (unpaired) electrons. The van der Waals surface area contributed by atoms with E-state index in [1.807, 2.05) is 0 Å². The number of halogens is 3. The predicted octanol–water partition coefficient (Wildman–Crippen LogP) is 4.52. The summed E-state index contributed by atoms with van der Waals surface area (Å²) in [6, 6.07) is 6.64. The predicted molar refractivity (Wildman–Crippen MR) is 70.1 cm³/mol. The van der Waals surface area contributed by atoms with E-state index in [-0.39, 0.29) is 0 Å². The smallest absolute Gasteiger partial charge is 0.169 e. The lowest BCUT2D eigenvalue weighted by Crippen LogP contribution is -1.92. The molecule has 0 atom stereocenters. The number of hydrogen-bond acceptors (Lipinski definition) is 2. The van der Waals surface area contributed by atoms with Gasteiger partial charge in [-0.3, -0.25) is 9.78 Å². The van der Waals surface area contributed by atoms with Gasteiger partial charge in [-0.25, -0.2) is 0 Å². The van der Waals surface area contributed by atoms with Crippen LogP contribution in [0.5, 0.6) is 0 Å². The SMILES string of the molecule is O=Cc1ncccc1-c1cc(Cl)c(Cl)cc1Cl. The minimum absolute atomic E-state index is 0.313. The van der Waals surface area contributed by atoms with E-state index in [9.17, 15) is 4.79 Å². The molecule has 2 aromatic rings. The van der Waals surface area contributed by atoms with E-state index in [0.29, 0.717) is 38.2 Å². The minimum Gasteiger partial charge on any atom is -0.296 e. The van der Waals surface area contributed by atoms with Crippen LogP contribution in [0.1, 0.15) is 10.5 Å². The first-order chi connectivity index (χ1) is 8.13. The molecule has 0 bridgehead atoms. The average molecular weight is 287 g/mol. The molecule has 2 nitrogen and oxygen atoms in total. The lowest BCUT2D eigenvalue weighted by Gasteiger charge is -2.08. The molecule has 0 amide bonds. The third-order valence-electron chi connectivity index (χ3n) is 2.25. The Hall–Kier alpha value is -1.09. The maximum absolute atomic E-state index is 10.9. The second-order valence-electron chi connectivity index (χ2n) is 3.30. The fraction of sp³-hybridized carbons (Fsp3) is 0. The molecule has 0 unspecified atom stereocenters. The Bertz CT molecular complexity index is 584. The molecule has 0 saturated heterocycles. The molecule has 17 heavy (non-hydrogen) atoms. The Morgan fingerprint density at radius 3 is 2.41 bits per heavy atom. The van der Waals surface area contributed by atoms with Crippen molar-refractivity contribution < 1.29 is 4.79 Å². The van der Waals surface area contributed by atoms with Crippen LogP contribution in [0.2, 0.25) is 15.1 Å². The molecule has 0 N–H and O–H groups in total. The maximum Gasteiger partial charge on any atom is 0.169 e. The van der Waals surface area contributed by atoms with Crippen LogP contribution >= 0.6 is 34.8 Å². The fourth-order valence-corrected chi connectivity index (χ4v) is 2.12. The topological polar surface area (TPSA) is 30.0 Å². The van der Waals surface area contributed by atoms with Gasteiger partial charge >= 0.3 is 0 Å². The van der Waals surface area contributed by atoms with E-state index in [1.54, 1.807) is 30.5 Å². The summed E-state index contributed by atoms with van der Waals surface area (Å²) >= 11 is 17.9. The average Bonchev–Trinajstić information content (AvgIpc) is 2.34.